The average Bonchev–Trinajstić information content (AvgIpc) is 3.12. The quantitative estimate of drug-likeness (QED) is 0.445. The fourth-order valence-corrected chi connectivity index (χ4v) is 4.52. The molecular formula is C25H21ClN2O. The SMILES string of the molecule is Cc1cccc(C(=O)N2CCc3c([nH]c4ccccc34)[C@@H]2c2ccc(Cl)cc2)c1. The minimum Gasteiger partial charge on any atom is -0.356 e. The second kappa shape index (κ2) is 7.09. The van der Waals surface area contributed by atoms with E-state index in [1.54, 1.807) is 0 Å². The van der Waals surface area contributed by atoms with Crippen molar-refractivity contribution in [2.24, 2.45) is 0 Å². The molecule has 144 valence electrons. The number of halogens is 1. The number of aromatic nitrogens is 1. The summed E-state index contributed by atoms with van der Waals surface area (Å²) in [6.45, 7) is 2.69. The highest BCUT2D eigenvalue weighted by atomic mass is 35.5. The third-order valence-corrected chi connectivity index (χ3v) is 6.00. The summed E-state index contributed by atoms with van der Waals surface area (Å²) in [6.07, 6.45) is 0.834. The Hall–Kier alpha value is -3.04. The number of amides is 1. The zero-order chi connectivity index (χ0) is 20.0. The van der Waals surface area contributed by atoms with E-state index < -0.39 is 0 Å². The fraction of sp³-hybridized carbons (Fsp3) is 0.160. The Balaban J connectivity index is 1.66. The van der Waals surface area contributed by atoms with Crippen molar-refractivity contribution in [1.29, 1.82) is 0 Å². The van der Waals surface area contributed by atoms with Gasteiger partial charge >= 0.3 is 0 Å². The molecule has 0 radical (unpaired) electrons. The molecule has 1 aliphatic rings. The zero-order valence-electron chi connectivity index (χ0n) is 16.2. The third-order valence-electron chi connectivity index (χ3n) is 5.75. The highest BCUT2D eigenvalue weighted by Gasteiger charge is 2.34. The number of para-hydroxylation sites is 1. The summed E-state index contributed by atoms with van der Waals surface area (Å²) in [4.78, 5) is 19.1. The van der Waals surface area contributed by atoms with Gasteiger partial charge < -0.3 is 9.88 Å². The first kappa shape index (κ1) is 18.0. The number of carbonyl (C=O) groups excluding carboxylic acids is 1. The summed E-state index contributed by atoms with van der Waals surface area (Å²) >= 11 is 6.14. The van der Waals surface area contributed by atoms with Gasteiger partial charge in [-0.2, -0.15) is 0 Å². The zero-order valence-corrected chi connectivity index (χ0v) is 16.9. The van der Waals surface area contributed by atoms with Gasteiger partial charge in [0.05, 0.1) is 6.04 Å². The van der Waals surface area contributed by atoms with Crippen molar-refractivity contribution in [2.75, 3.05) is 6.54 Å². The number of carbonyl (C=O) groups is 1. The second-order valence-electron chi connectivity index (χ2n) is 7.63. The van der Waals surface area contributed by atoms with E-state index in [4.69, 9.17) is 11.6 Å². The Bertz CT molecular complexity index is 1210. The second-order valence-corrected chi connectivity index (χ2v) is 8.07. The number of benzene rings is 3. The molecule has 3 nitrogen and oxygen atoms in total. The minimum atomic E-state index is -0.170. The van der Waals surface area contributed by atoms with Gasteiger partial charge in [-0.05, 0) is 54.8 Å². The van der Waals surface area contributed by atoms with Crippen LogP contribution in [0.4, 0.5) is 0 Å². The minimum absolute atomic E-state index is 0.0537. The van der Waals surface area contributed by atoms with E-state index in [2.05, 4.69) is 23.2 Å². The number of hydrogen-bond donors (Lipinski definition) is 1. The van der Waals surface area contributed by atoms with Gasteiger partial charge in [-0.25, -0.2) is 0 Å². The Morgan fingerprint density at radius 1 is 1.03 bits per heavy atom. The predicted molar refractivity (Wildman–Crippen MR) is 118 cm³/mol. The maximum absolute atomic E-state index is 13.5. The molecule has 0 unspecified atom stereocenters. The Kier molecular flexibility index (Phi) is 4.40. The Morgan fingerprint density at radius 3 is 2.62 bits per heavy atom. The van der Waals surface area contributed by atoms with Gasteiger partial charge in [-0.15, -0.1) is 0 Å². The normalized spacial score (nSPS) is 16.1. The lowest BCUT2D eigenvalue weighted by Gasteiger charge is -2.36. The number of aryl methyl sites for hydroxylation is 1. The lowest BCUT2D eigenvalue weighted by molar-refractivity contribution is 0.0692. The van der Waals surface area contributed by atoms with Crippen molar-refractivity contribution in [2.45, 2.75) is 19.4 Å². The maximum atomic E-state index is 13.5. The molecule has 29 heavy (non-hydrogen) atoms. The number of rotatable bonds is 2. The monoisotopic (exact) mass is 400 g/mol. The van der Waals surface area contributed by atoms with Crippen LogP contribution in [0.1, 0.15) is 38.8 Å². The largest absolute Gasteiger partial charge is 0.356 e. The molecule has 2 heterocycles. The van der Waals surface area contributed by atoms with Crippen LogP contribution in [-0.2, 0) is 6.42 Å². The van der Waals surface area contributed by atoms with E-state index in [1.807, 2.05) is 66.4 Å². The van der Waals surface area contributed by atoms with Crippen molar-refractivity contribution in [3.63, 3.8) is 0 Å². The van der Waals surface area contributed by atoms with E-state index in [9.17, 15) is 4.79 Å². The highest BCUT2D eigenvalue weighted by Crippen LogP contribution is 2.39. The van der Waals surface area contributed by atoms with Crippen LogP contribution in [0, 0.1) is 6.92 Å². The summed E-state index contributed by atoms with van der Waals surface area (Å²) in [5, 5.41) is 1.93. The molecule has 0 bridgehead atoms. The van der Waals surface area contributed by atoms with Gasteiger partial charge in [0.1, 0.15) is 0 Å². The van der Waals surface area contributed by atoms with Crippen LogP contribution in [0.25, 0.3) is 10.9 Å². The Labute approximate surface area is 174 Å². The third kappa shape index (κ3) is 3.12. The van der Waals surface area contributed by atoms with Crippen molar-refractivity contribution < 1.29 is 4.79 Å². The van der Waals surface area contributed by atoms with Crippen LogP contribution < -0.4 is 0 Å². The summed E-state index contributed by atoms with van der Waals surface area (Å²) in [5.41, 5.74) is 6.38. The summed E-state index contributed by atoms with van der Waals surface area (Å²) in [5.74, 6) is 0.0537. The lowest BCUT2D eigenvalue weighted by atomic mass is 9.91. The van der Waals surface area contributed by atoms with Gasteiger partial charge in [-0.1, -0.05) is 59.6 Å². The molecule has 0 aliphatic carbocycles. The molecule has 1 N–H and O–H groups in total. The van der Waals surface area contributed by atoms with Gasteiger partial charge in [0.2, 0.25) is 0 Å². The number of nitrogens with zero attached hydrogens (tertiary/aromatic N) is 1. The van der Waals surface area contributed by atoms with E-state index >= 15 is 0 Å². The topological polar surface area (TPSA) is 36.1 Å². The van der Waals surface area contributed by atoms with Crippen LogP contribution in [-0.4, -0.2) is 22.3 Å². The van der Waals surface area contributed by atoms with Crippen LogP contribution >= 0.6 is 11.6 Å². The molecule has 0 fully saturated rings. The molecule has 4 aromatic rings. The molecule has 1 aliphatic heterocycles. The highest BCUT2D eigenvalue weighted by molar-refractivity contribution is 6.30. The van der Waals surface area contributed by atoms with Crippen LogP contribution in [0.3, 0.4) is 0 Å². The van der Waals surface area contributed by atoms with Crippen molar-refractivity contribution in [1.82, 2.24) is 9.88 Å². The van der Waals surface area contributed by atoms with Crippen LogP contribution in [0.15, 0.2) is 72.8 Å². The number of nitrogens with one attached hydrogen (secondary N) is 1. The molecule has 3 aromatic carbocycles. The Morgan fingerprint density at radius 2 is 1.83 bits per heavy atom. The molecule has 0 saturated heterocycles. The standard InChI is InChI=1S/C25H21ClN2O/c1-16-5-4-6-18(15-16)25(29)28-14-13-21-20-7-2-3-8-22(20)27-23(21)24(28)17-9-11-19(26)12-10-17/h2-12,15,24,27H,13-14H2,1H3/t24-/m0/s1. The summed E-state index contributed by atoms with van der Waals surface area (Å²) in [7, 11) is 0. The first-order chi connectivity index (χ1) is 14.1. The molecule has 4 heteroatoms. The van der Waals surface area contributed by atoms with Gasteiger partial charge in [0.25, 0.3) is 5.91 Å². The number of hydrogen-bond acceptors (Lipinski definition) is 1. The predicted octanol–water partition coefficient (Wildman–Crippen LogP) is 5.92. The van der Waals surface area contributed by atoms with Gasteiger partial charge in [0.15, 0.2) is 0 Å². The maximum Gasteiger partial charge on any atom is 0.254 e. The van der Waals surface area contributed by atoms with Gasteiger partial charge in [0, 0.05) is 33.7 Å². The first-order valence-electron chi connectivity index (χ1n) is 9.84. The first-order valence-corrected chi connectivity index (χ1v) is 10.2. The molecular weight excluding hydrogens is 380 g/mol. The lowest BCUT2D eigenvalue weighted by Crippen LogP contribution is -2.40. The average molecular weight is 401 g/mol. The molecule has 1 amide bonds. The number of fused-ring (bicyclic) bond motifs is 3. The van der Waals surface area contributed by atoms with Crippen molar-refractivity contribution >= 4 is 28.4 Å². The molecule has 0 spiro atoms. The van der Waals surface area contributed by atoms with E-state index in [0.29, 0.717) is 11.6 Å². The fourth-order valence-electron chi connectivity index (χ4n) is 4.40. The molecule has 5 rings (SSSR count). The number of aromatic amines is 1. The van der Waals surface area contributed by atoms with E-state index in [0.717, 1.165) is 34.3 Å². The van der Waals surface area contributed by atoms with E-state index in [-0.39, 0.29) is 11.9 Å². The van der Waals surface area contributed by atoms with E-state index in [1.165, 1.54) is 10.9 Å². The van der Waals surface area contributed by atoms with Crippen molar-refractivity contribution in [3.05, 3.63) is 106 Å². The van der Waals surface area contributed by atoms with Crippen LogP contribution in [0.5, 0.6) is 0 Å². The van der Waals surface area contributed by atoms with Gasteiger partial charge in [-0.3, -0.25) is 4.79 Å². The summed E-state index contributed by atoms with van der Waals surface area (Å²) in [6, 6.07) is 23.8. The smallest absolute Gasteiger partial charge is 0.254 e. The van der Waals surface area contributed by atoms with Crippen LogP contribution in [0.2, 0.25) is 5.02 Å². The number of H-pyrrole nitrogens is 1. The molecule has 1 atom stereocenters. The van der Waals surface area contributed by atoms with Crippen molar-refractivity contribution in [3.8, 4) is 0 Å². The molecule has 0 saturated carbocycles. The summed E-state index contributed by atoms with van der Waals surface area (Å²) < 4.78 is 0. The molecule has 1 aromatic heterocycles.